The first-order valence-corrected chi connectivity index (χ1v) is 10.2. The van der Waals surface area contributed by atoms with Gasteiger partial charge in [-0.05, 0) is 24.6 Å². The Morgan fingerprint density at radius 3 is 2.45 bits per heavy atom. The lowest BCUT2D eigenvalue weighted by Gasteiger charge is -2.14. The van der Waals surface area contributed by atoms with Gasteiger partial charge >= 0.3 is 6.18 Å². The molecule has 2 heterocycles. The van der Waals surface area contributed by atoms with E-state index in [9.17, 15) is 22.8 Å². The minimum Gasteiger partial charge on any atom is -0.324 e. The Bertz CT molecular complexity index is 1430. The second-order valence-corrected chi connectivity index (χ2v) is 7.94. The van der Waals surface area contributed by atoms with Crippen molar-refractivity contribution in [1.29, 1.82) is 0 Å². The predicted molar refractivity (Wildman–Crippen MR) is 120 cm³/mol. The molecule has 170 valence electrons. The van der Waals surface area contributed by atoms with Gasteiger partial charge in [-0.25, -0.2) is 0 Å². The van der Waals surface area contributed by atoms with Crippen LogP contribution in [0.4, 0.5) is 18.9 Å². The largest absolute Gasteiger partial charge is 0.417 e. The molecule has 6 nitrogen and oxygen atoms in total. The van der Waals surface area contributed by atoms with Gasteiger partial charge in [0.15, 0.2) is 0 Å². The Morgan fingerprint density at radius 1 is 1.12 bits per heavy atom. The molecule has 0 bridgehead atoms. The van der Waals surface area contributed by atoms with Crippen LogP contribution in [0.5, 0.6) is 0 Å². The fourth-order valence-electron chi connectivity index (χ4n) is 3.64. The molecule has 0 fully saturated rings. The normalized spacial score (nSPS) is 11.7. The fraction of sp³-hybridized carbons (Fsp3) is 0.174. The first-order chi connectivity index (χ1) is 15.6. The number of fused-ring (bicyclic) bond motifs is 1. The number of nitrogens with zero attached hydrogens (tertiary/aromatic N) is 3. The molecule has 4 rings (SSSR count). The molecular formula is C23H18ClF3N4O2. The fourth-order valence-corrected chi connectivity index (χ4v) is 3.82. The zero-order valence-corrected chi connectivity index (χ0v) is 18.3. The molecule has 2 aromatic heterocycles. The van der Waals surface area contributed by atoms with Crippen molar-refractivity contribution in [2.45, 2.75) is 19.6 Å². The molecule has 0 spiro atoms. The summed E-state index contributed by atoms with van der Waals surface area (Å²) >= 11 is 6.08. The van der Waals surface area contributed by atoms with Crippen molar-refractivity contribution in [2.24, 2.45) is 7.05 Å². The Hall–Kier alpha value is -3.59. The van der Waals surface area contributed by atoms with Crippen molar-refractivity contribution >= 4 is 34.2 Å². The Balaban J connectivity index is 1.85. The van der Waals surface area contributed by atoms with Gasteiger partial charge in [0.05, 0.1) is 10.9 Å². The average Bonchev–Trinajstić information content (AvgIpc) is 3.09. The molecule has 2 aromatic carbocycles. The molecule has 0 radical (unpaired) electrons. The first-order valence-electron chi connectivity index (χ1n) is 9.85. The summed E-state index contributed by atoms with van der Waals surface area (Å²) in [6.07, 6.45) is -4.79. The van der Waals surface area contributed by atoms with E-state index in [1.807, 2.05) is 0 Å². The van der Waals surface area contributed by atoms with Crippen LogP contribution in [0.25, 0.3) is 22.3 Å². The highest BCUT2D eigenvalue weighted by atomic mass is 35.5. The number of halogens is 4. The number of aromatic nitrogens is 3. The van der Waals surface area contributed by atoms with Gasteiger partial charge in [0.2, 0.25) is 5.91 Å². The molecular weight excluding hydrogens is 457 g/mol. The van der Waals surface area contributed by atoms with Crippen LogP contribution in [-0.4, -0.2) is 20.3 Å². The maximum atomic E-state index is 13.9. The first kappa shape index (κ1) is 22.6. The maximum Gasteiger partial charge on any atom is 0.417 e. The summed E-state index contributed by atoms with van der Waals surface area (Å²) in [5.74, 6) is -0.597. The molecule has 0 saturated heterocycles. The number of hydrogen-bond acceptors (Lipinski definition) is 3. The molecule has 1 amide bonds. The lowest BCUT2D eigenvalue weighted by Crippen LogP contribution is -2.30. The Morgan fingerprint density at radius 2 is 1.82 bits per heavy atom. The van der Waals surface area contributed by atoms with Crippen molar-refractivity contribution in [1.82, 2.24) is 14.3 Å². The summed E-state index contributed by atoms with van der Waals surface area (Å²) in [5.41, 5.74) is -0.422. The number of benzene rings is 2. The van der Waals surface area contributed by atoms with Gasteiger partial charge in [-0.1, -0.05) is 48.0 Å². The molecule has 4 aromatic rings. The summed E-state index contributed by atoms with van der Waals surface area (Å²) in [6, 6.07) is 13.8. The quantitative estimate of drug-likeness (QED) is 0.451. The number of aryl methyl sites for hydroxylation is 2. The maximum absolute atomic E-state index is 13.9. The van der Waals surface area contributed by atoms with Gasteiger partial charge in [0.25, 0.3) is 5.56 Å². The number of anilines is 1. The molecule has 0 unspecified atom stereocenters. The van der Waals surface area contributed by atoms with Crippen LogP contribution in [0.15, 0.2) is 59.4 Å². The van der Waals surface area contributed by atoms with E-state index >= 15 is 0 Å². The van der Waals surface area contributed by atoms with Crippen LogP contribution in [0.1, 0.15) is 11.1 Å². The van der Waals surface area contributed by atoms with Crippen molar-refractivity contribution in [2.75, 3.05) is 5.32 Å². The number of nitrogens with one attached hydrogen (secondary N) is 1. The molecule has 0 saturated carbocycles. The number of hydrogen-bond donors (Lipinski definition) is 1. The summed E-state index contributed by atoms with van der Waals surface area (Å²) < 4.78 is 43.8. The van der Waals surface area contributed by atoms with Gasteiger partial charge in [0, 0.05) is 29.4 Å². The highest BCUT2D eigenvalue weighted by molar-refractivity contribution is 6.31. The molecule has 33 heavy (non-hydrogen) atoms. The van der Waals surface area contributed by atoms with E-state index in [1.165, 1.54) is 11.7 Å². The standard InChI is InChI=1S/C23H18ClF3N4O2/c1-13-8-9-15(10-17(13)24)28-18(32)12-31-19(33)11-16(23(25,26)27)20-21(29-30(2)22(20)31)14-6-4-3-5-7-14/h3-11H,12H2,1-2H3,(H,28,32). The van der Waals surface area contributed by atoms with Crippen LogP contribution >= 0.6 is 11.6 Å². The van der Waals surface area contributed by atoms with E-state index in [1.54, 1.807) is 55.5 Å². The molecule has 0 atom stereocenters. The third kappa shape index (κ3) is 4.36. The topological polar surface area (TPSA) is 68.9 Å². The predicted octanol–water partition coefficient (Wildman–Crippen LogP) is 5.02. The zero-order valence-electron chi connectivity index (χ0n) is 17.6. The molecule has 0 aliphatic heterocycles. The van der Waals surface area contributed by atoms with E-state index < -0.39 is 29.8 Å². The number of carbonyl (C=O) groups excluding carboxylic acids is 1. The number of carbonyl (C=O) groups is 1. The van der Waals surface area contributed by atoms with Crippen LogP contribution in [0, 0.1) is 6.92 Å². The number of rotatable bonds is 4. The molecule has 0 aliphatic carbocycles. The van der Waals surface area contributed by atoms with Gasteiger partial charge in [0.1, 0.15) is 17.9 Å². The third-order valence-electron chi connectivity index (χ3n) is 5.19. The Labute approximate surface area is 191 Å². The minimum atomic E-state index is -4.79. The highest BCUT2D eigenvalue weighted by Crippen LogP contribution is 2.38. The number of alkyl halides is 3. The highest BCUT2D eigenvalue weighted by Gasteiger charge is 2.37. The van der Waals surface area contributed by atoms with Crippen molar-refractivity contribution < 1.29 is 18.0 Å². The van der Waals surface area contributed by atoms with E-state index in [-0.39, 0.29) is 16.7 Å². The SMILES string of the molecule is Cc1ccc(NC(=O)Cn2c(=O)cc(C(F)(F)F)c3c(-c4ccccc4)nn(C)c32)cc1Cl. The molecule has 10 heteroatoms. The lowest BCUT2D eigenvalue weighted by molar-refractivity contribution is -0.136. The van der Waals surface area contributed by atoms with E-state index in [0.29, 0.717) is 22.3 Å². The van der Waals surface area contributed by atoms with Gasteiger partial charge in [-0.3, -0.25) is 18.8 Å². The third-order valence-corrected chi connectivity index (χ3v) is 5.59. The lowest BCUT2D eigenvalue weighted by atomic mass is 10.0. The second-order valence-electron chi connectivity index (χ2n) is 7.53. The minimum absolute atomic E-state index is 0.0694. The van der Waals surface area contributed by atoms with Crippen LogP contribution in [0.3, 0.4) is 0 Å². The smallest absolute Gasteiger partial charge is 0.324 e. The molecule has 1 N–H and O–H groups in total. The zero-order chi connectivity index (χ0) is 23.9. The van der Waals surface area contributed by atoms with Crippen molar-refractivity contribution in [3.63, 3.8) is 0 Å². The number of amides is 1. The van der Waals surface area contributed by atoms with E-state index in [4.69, 9.17) is 11.6 Å². The summed E-state index contributed by atoms with van der Waals surface area (Å²) in [4.78, 5) is 25.4. The summed E-state index contributed by atoms with van der Waals surface area (Å²) in [5, 5.41) is 7.07. The average molecular weight is 475 g/mol. The van der Waals surface area contributed by atoms with E-state index in [0.717, 1.165) is 10.1 Å². The number of pyridine rings is 1. The Kier molecular flexibility index (Phi) is 5.75. The van der Waals surface area contributed by atoms with Crippen molar-refractivity contribution in [3.05, 3.63) is 81.1 Å². The van der Waals surface area contributed by atoms with Crippen LogP contribution in [-0.2, 0) is 24.6 Å². The molecule has 0 aliphatic rings. The summed E-state index contributed by atoms with van der Waals surface area (Å²) in [7, 11) is 1.43. The van der Waals surface area contributed by atoms with Crippen LogP contribution < -0.4 is 10.9 Å². The summed E-state index contributed by atoms with van der Waals surface area (Å²) in [6.45, 7) is 1.30. The second kappa shape index (κ2) is 8.40. The van der Waals surface area contributed by atoms with Gasteiger partial charge in [-0.2, -0.15) is 18.3 Å². The van der Waals surface area contributed by atoms with Gasteiger partial charge < -0.3 is 5.32 Å². The van der Waals surface area contributed by atoms with Crippen LogP contribution in [0.2, 0.25) is 5.02 Å². The van der Waals surface area contributed by atoms with E-state index in [2.05, 4.69) is 10.4 Å². The van der Waals surface area contributed by atoms with Gasteiger partial charge in [-0.15, -0.1) is 0 Å². The monoisotopic (exact) mass is 474 g/mol. The van der Waals surface area contributed by atoms with Crippen molar-refractivity contribution in [3.8, 4) is 11.3 Å².